The maximum Gasteiger partial charge on any atom is 0.0762 e. The highest BCUT2D eigenvalue weighted by molar-refractivity contribution is 7.79. The van der Waals surface area contributed by atoms with Gasteiger partial charge in [-0.3, -0.25) is 4.21 Å². The molecule has 1 aromatic carbocycles. The largest absolute Gasteiger partial charge is 0.768 e. The smallest absolute Gasteiger partial charge is 0.0762 e. The third-order valence-corrected chi connectivity index (χ3v) is 2.17. The van der Waals surface area contributed by atoms with Gasteiger partial charge in [-0.25, -0.2) is 0 Å². The van der Waals surface area contributed by atoms with Gasteiger partial charge in [-0.2, -0.15) is 0 Å². The van der Waals surface area contributed by atoms with Gasteiger partial charge in [-0.05, 0) is 35.7 Å². The van der Waals surface area contributed by atoms with E-state index >= 15 is 0 Å². The van der Waals surface area contributed by atoms with Gasteiger partial charge < -0.3 is 9.66 Å². The summed E-state index contributed by atoms with van der Waals surface area (Å²) in [5.74, 6) is 0. The third kappa shape index (κ3) is 2.14. The minimum absolute atomic E-state index is 0.202. The minimum Gasteiger partial charge on any atom is -0.768 e. The highest BCUT2D eigenvalue weighted by Gasteiger charge is 2.00. The van der Waals surface area contributed by atoms with E-state index in [0.29, 0.717) is 5.56 Å². The summed E-state index contributed by atoms with van der Waals surface area (Å²) in [6, 6.07) is 6.22. The van der Waals surface area contributed by atoms with Crippen LogP contribution in [0.2, 0.25) is 0 Å². The Bertz CT molecular complexity index is 296. The minimum atomic E-state index is -2.22. The summed E-state index contributed by atoms with van der Waals surface area (Å²) < 4.78 is 21.0. The number of hydrogen-bond acceptors (Lipinski definition) is 3. The molecule has 12 heavy (non-hydrogen) atoms. The van der Waals surface area contributed by atoms with Crippen molar-refractivity contribution in [3.8, 4) is 0 Å². The molecule has 4 heteroatoms. The first kappa shape index (κ1) is 9.38. The fraction of sp³-hybridized carbons (Fsp3) is 0.250. The average molecular weight is 185 g/mol. The van der Waals surface area contributed by atoms with E-state index in [1.54, 1.807) is 19.1 Å². The molecule has 0 bridgehead atoms. The number of aliphatic hydroxyl groups excluding tert-OH is 1. The van der Waals surface area contributed by atoms with Crippen molar-refractivity contribution in [2.45, 2.75) is 17.9 Å². The zero-order chi connectivity index (χ0) is 9.14. The highest BCUT2D eigenvalue weighted by atomic mass is 32.2. The van der Waals surface area contributed by atoms with Crippen molar-refractivity contribution in [3.05, 3.63) is 29.8 Å². The van der Waals surface area contributed by atoms with E-state index in [1.807, 2.05) is 0 Å². The molecule has 0 aliphatic carbocycles. The molecule has 2 unspecified atom stereocenters. The van der Waals surface area contributed by atoms with Crippen LogP contribution in [0.15, 0.2) is 29.2 Å². The zero-order valence-electron chi connectivity index (χ0n) is 6.56. The molecule has 1 N–H and O–H groups in total. The van der Waals surface area contributed by atoms with E-state index in [4.69, 9.17) is 5.11 Å². The molecule has 0 aliphatic rings. The lowest BCUT2D eigenvalue weighted by Gasteiger charge is -2.08. The van der Waals surface area contributed by atoms with E-state index < -0.39 is 17.2 Å². The summed E-state index contributed by atoms with van der Waals surface area (Å²) in [4.78, 5) is 0.202. The molecule has 1 rings (SSSR count). The van der Waals surface area contributed by atoms with Crippen LogP contribution in [-0.2, 0) is 11.1 Å². The molecule has 3 nitrogen and oxygen atoms in total. The lowest BCUT2D eigenvalue weighted by Crippen LogP contribution is -1.94. The van der Waals surface area contributed by atoms with Crippen molar-refractivity contribution in [2.75, 3.05) is 0 Å². The van der Waals surface area contributed by atoms with Gasteiger partial charge in [-0.15, -0.1) is 0 Å². The predicted octanol–water partition coefficient (Wildman–Crippen LogP) is 0.978. The first-order valence-electron chi connectivity index (χ1n) is 3.48. The van der Waals surface area contributed by atoms with Crippen LogP contribution in [0.4, 0.5) is 0 Å². The molecule has 0 saturated heterocycles. The van der Waals surface area contributed by atoms with Crippen molar-refractivity contribution in [2.24, 2.45) is 0 Å². The van der Waals surface area contributed by atoms with E-state index in [1.165, 1.54) is 12.1 Å². The summed E-state index contributed by atoms with van der Waals surface area (Å²) in [6.07, 6.45) is -0.631. The van der Waals surface area contributed by atoms with Crippen LogP contribution in [0, 0.1) is 0 Å². The molecule has 0 aromatic heterocycles. The Labute approximate surface area is 73.3 Å². The van der Waals surface area contributed by atoms with Crippen LogP contribution in [-0.4, -0.2) is 13.9 Å². The van der Waals surface area contributed by atoms with Crippen molar-refractivity contribution in [1.29, 1.82) is 0 Å². The fourth-order valence-corrected chi connectivity index (χ4v) is 1.30. The van der Waals surface area contributed by atoms with Crippen LogP contribution >= 0.6 is 0 Å². The van der Waals surface area contributed by atoms with Crippen molar-refractivity contribution >= 4 is 11.1 Å². The average Bonchev–Trinajstić information content (AvgIpc) is 2.04. The Balaban J connectivity index is 3.04. The second-order valence-electron chi connectivity index (χ2n) is 2.48. The first-order chi connectivity index (χ1) is 5.61. The molecule has 1 aromatic rings. The van der Waals surface area contributed by atoms with Gasteiger partial charge in [0.25, 0.3) is 0 Å². The molecule has 0 fully saturated rings. The molecule has 66 valence electrons. The van der Waals surface area contributed by atoms with Crippen LogP contribution in [0.1, 0.15) is 18.6 Å². The van der Waals surface area contributed by atoms with Crippen molar-refractivity contribution < 1.29 is 13.9 Å². The zero-order valence-corrected chi connectivity index (χ0v) is 7.38. The van der Waals surface area contributed by atoms with E-state index in [0.717, 1.165) is 0 Å². The Morgan fingerprint density at radius 1 is 1.58 bits per heavy atom. The van der Waals surface area contributed by atoms with Crippen LogP contribution in [0.3, 0.4) is 0 Å². The van der Waals surface area contributed by atoms with E-state index in [9.17, 15) is 8.76 Å². The topological polar surface area (TPSA) is 60.4 Å². The summed E-state index contributed by atoms with van der Waals surface area (Å²) in [7, 11) is 0. The fourth-order valence-electron chi connectivity index (χ4n) is 0.878. The van der Waals surface area contributed by atoms with Crippen molar-refractivity contribution in [1.82, 2.24) is 0 Å². The van der Waals surface area contributed by atoms with Gasteiger partial charge >= 0.3 is 0 Å². The molecule has 0 radical (unpaired) electrons. The van der Waals surface area contributed by atoms with Gasteiger partial charge in [0.15, 0.2) is 0 Å². The summed E-state index contributed by atoms with van der Waals surface area (Å²) >= 11 is -2.22. The normalized spacial score (nSPS) is 15.6. The molecule has 0 heterocycles. The molecule has 0 aliphatic heterocycles. The number of rotatable bonds is 2. The van der Waals surface area contributed by atoms with Crippen molar-refractivity contribution in [3.63, 3.8) is 0 Å². The lowest BCUT2D eigenvalue weighted by molar-refractivity contribution is 0.199. The Morgan fingerprint density at radius 2 is 2.25 bits per heavy atom. The lowest BCUT2D eigenvalue weighted by atomic mass is 10.1. The molecular formula is C8H9O3S-. The molecule has 2 atom stereocenters. The van der Waals surface area contributed by atoms with Crippen LogP contribution in [0.5, 0.6) is 0 Å². The van der Waals surface area contributed by atoms with Gasteiger partial charge in [0.05, 0.1) is 6.10 Å². The second-order valence-corrected chi connectivity index (χ2v) is 3.42. The molecule has 0 saturated carbocycles. The summed E-state index contributed by atoms with van der Waals surface area (Å²) in [5.41, 5.74) is 0.608. The van der Waals surface area contributed by atoms with Crippen LogP contribution in [0.25, 0.3) is 0 Å². The first-order valence-corrected chi connectivity index (χ1v) is 4.56. The van der Waals surface area contributed by atoms with Crippen LogP contribution < -0.4 is 0 Å². The van der Waals surface area contributed by atoms with Gasteiger partial charge in [0.2, 0.25) is 0 Å². The van der Waals surface area contributed by atoms with E-state index in [2.05, 4.69) is 0 Å². The number of aliphatic hydroxyl groups is 1. The standard InChI is InChI=1S/C8H10O3S/c1-6(9)7-3-2-4-8(5-7)12(10)11/h2-6,9H,1H3,(H,10,11)/p-1. The quantitative estimate of drug-likeness (QED) is 0.698. The second kappa shape index (κ2) is 3.80. The van der Waals surface area contributed by atoms with Gasteiger partial charge in [0, 0.05) is 4.90 Å². The Morgan fingerprint density at radius 3 is 2.75 bits per heavy atom. The SMILES string of the molecule is CC(O)c1cccc(S(=O)[O-])c1. The molecular weight excluding hydrogens is 176 g/mol. The monoisotopic (exact) mass is 185 g/mol. The maximum absolute atomic E-state index is 10.5. The summed E-state index contributed by atoms with van der Waals surface area (Å²) in [5, 5.41) is 9.13. The molecule has 0 spiro atoms. The predicted molar refractivity (Wildman–Crippen MR) is 44.3 cm³/mol. The van der Waals surface area contributed by atoms with Gasteiger partial charge in [0.1, 0.15) is 0 Å². The Kier molecular flexibility index (Phi) is 2.97. The molecule has 0 amide bonds. The van der Waals surface area contributed by atoms with Gasteiger partial charge in [-0.1, -0.05) is 12.1 Å². The third-order valence-electron chi connectivity index (χ3n) is 1.53. The van der Waals surface area contributed by atoms with E-state index in [-0.39, 0.29) is 4.90 Å². The highest BCUT2D eigenvalue weighted by Crippen LogP contribution is 2.14. The maximum atomic E-state index is 10.5. The number of hydrogen-bond donors (Lipinski definition) is 1. The number of benzene rings is 1. The summed E-state index contributed by atoms with van der Waals surface area (Å²) in [6.45, 7) is 1.59. The Hall–Kier alpha value is -0.710.